The fraction of sp³-hybridized carbons (Fsp3) is 0.692. The van der Waals surface area contributed by atoms with Gasteiger partial charge in [0.2, 0.25) is 0 Å². The van der Waals surface area contributed by atoms with Gasteiger partial charge in [0.25, 0.3) is 0 Å². The molecule has 0 unspecified atom stereocenters. The van der Waals surface area contributed by atoms with Gasteiger partial charge in [-0.05, 0) is 76.5 Å². The number of hydrogen-bond donors (Lipinski definition) is 1. The molecule has 1 aromatic carbocycles. The van der Waals surface area contributed by atoms with E-state index in [-0.39, 0.29) is 12.1 Å². The summed E-state index contributed by atoms with van der Waals surface area (Å²) in [5, 5.41) is 3.49. The zero-order valence-electron chi connectivity index (χ0n) is 19.9. The highest BCUT2D eigenvalue weighted by molar-refractivity contribution is 6.30. The summed E-state index contributed by atoms with van der Waals surface area (Å²) in [6, 6.07) is 7.42. The first kappa shape index (κ1) is 24.9. The first-order chi connectivity index (χ1) is 15.1. The molecule has 6 heteroatoms. The number of esters is 1. The van der Waals surface area contributed by atoms with Crippen LogP contribution < -0.4 is 5.32 Å². The maximum atomic E-state index is 13.0. The number of carbonyl (C=O) groups is 2. The molecule has 4 atom stereocenters. The van der Waals surface area contributed by atoms with Crippen LogP contribution in [0.4, 0.5) is 4.79 Å². The minimum atomic E-state index is -0.675. The number of benzene rings is 1. The van der Waals surface area contributed by atoms with Gasteiger partial charge in [0.15, 0.2) is 0 Å². The van der Waals surface area contributed by atoms with Gasteiger partial charge >= 0.3 is 12.1 Å². The van der Waals surface area contributed by atoms with Gasteiger partial charge in [-0.2, -0.15) is 0 Å². The standard InChI is InChI=1S/C26H38ClNO4/c1-17-23(19-8-5-6-9-19)20(16-18-12-14-21(27)15-13-18)10-7-11-22(24(29)31-17)28-25(30)32-26(2,3)4/h12-15,17,19-20,22-23H,5-11,16H2,1-4H3,(H,28,30)/t17-,20+,22-,23+/m0/s1. The summed E-state index contributed by atoms with van der Waals surface area (Å²) in [7, 11) is 0. The van der Waals surface area contributed by atoms with Gasteiger partial charge in [0, 0.05) is 10.9 Å². The molecule has 0 bridgehead atoms. The summed E-state index contributed by atoms with van der Waals surface area (Å²) < 4.78 is 11.4. The highest BCUT2D eigenvalue weighted by Crippen LogP contribution is 2.42. The normalized spacial score (nSPS) is 27.7. The Labute approximate surface area is 197 Å². The number of amides is 1. The number of carbonyl (C=O) groups excluding carboxylic acids is 2. The SMILES string of the molecule is C[C@@H]1OC(=O)[C@@H](NC(=O)OC(C)(C)C)CCC[C@H](Cc2ccc(Cl)cc2)[C@H]1C1CCCC1. The van der Waals surface area contributed by atoms with Crippen LogP contribution in [0.5, 0.6) is 0 Å². The summed E-state index contributed by atoms with van der Waals surface area (Å²) in [6.07, 6.45) is 7.48. The molecule has 2 fully saturated rings. The average molecular weight is 464 g/mol. The molecule has 1 heterocycles. The van der Waals surface area contributed by atoms with Gasteiger partial charge in [-0.25, -0.2) is 9.59 Å². The van der Waals surface area contributed by atoms with Crippen LogP contribution in [0.3, 0.4) is 0 Å². The lowest BCUT2D eigenvalue weighted by molar-refractivity contribution is -0.155. The monoisotopic (exact) mass is 463 g/mol. The highest BCUT2D eigenvalue weighted by Gasteiger charge is 2.39. The van der Waals surface area contributed by atoms with Crippen LogP contribution in [0.1, 0.15) is 78.2 Å². The molecule has 1 N–H and O–H groups in total. The first-order valence-corrected chi connectivity index (χ1v) is 12.4. The number of alkyl carbamates (subject to hydrolysis) is 1. The van der Waals surface area contributed by atoms with Crippen molar-refractivity contribution >= 4 is 23.7 Å². The largest absolute Gasteiger partial charge is 0.461 e. The van der Waals surface area contributed by atoms with Crippen molar-refractivity contribution in [3.05, 3.63) is 34.9 Å². The van der Waals surface area contributed by atoms with E-state index in [1.807, 2.05) is 39.8 Å². The van der Waals surface area contributed by atoms with E-state index in [9.17, 15) is 9.59 Å². The number of rotatable bonds is 4. The predicted octanol–water partition coefficient (Wildman–Crippen LogP) is 6.31. The summed E-state index contributed by atoms with van der Waals surface area (Å²) in [4.78, 5) is 25.3. The topological polar surface area (TPSA) is 64.6 Å². The fourth-order valence-electron chi connectivity index (χ4n) is 5.47. The summed E-state index contributed by atoms with van der Waals surface area (Å²) in [6.45, 7) is 7.46. The van der Waals surface area contributed by atoms with E-state index >= 15 is 0 Å². The smallest absolute Gasteiger partial charge is 0.408 e. The van der Waals surface area contributed by atoms with Gasteiger partial charge in [0.1, 0.15) is 17.7 Å². The van der Waals surface area contributed by atoms with Crippen LogP contribution >= 0.6 is 11.6 Å². The van der Waals surface area contributed by atoms with Gasteiger partial charge in [-0.1, -0.05) is 55.8 Å². The third-order valence-corrected chi connectivity index (χ3v) is 7.04. The minimum Gasteiger partial charge on any atom is -0.461 e. The molecule has 0 aromatic heterocycles. The van der Waals surface area contributed by atoms with E-state index < -0.39 is 17.7 Å². The fourth-order valence-corrected chi connectivity index (χ4v) is 5.60. The highest BCUT2D eigenvalue weighted by atomic mass is 35.5. The van der Waals surface area contributed by atoms with Crippen molar-refractivity contribution in [2.75, 3.05) is 0 Å². The summed E-state index contributed by atoms with van der Waals surface area (Å²) in [5.41, 5.74) is 0.653. The van der Waals surface area contributed by atoms with Gasteiger partial charge in [0.05, 0.1) is 0 Å². The second-order valence-electron chi connectivity index (χ2n) is 10.5. The van der Waals surface area contributed by atoms with E-state index in [0.717, 1.165) is 24.3 Å². The van der Waals surface area contributed by atoms with Gasteiger partial charge in [-0.3, -0.25) is 0 Å². The van der Waals surface area contributed by atoms with Crippen LogP contribution in [0.15, 0.2) is 24.3 Å². The Hall–Kier alpha value is -1.75. The second-order valence-corrected chi connectivity index (χ2v) is 10.9. The van der Waals surface area contributed by atoms with E-state index in [1.54, 1.807) is 0 Å². The van der Waals surface area contributed by atoms with Crippen molar-refractivity contribution < 1.29 is 19.1 Å². The molecule has 2 aliphatic rings. The van der Waals surface area contributed by atoms with E-state index in [4.69, 9.17) is 21.1 Å². The number of nitrogens with one attached hydrogen (secondary N) is 1. The van der Waals surface area contributed by atoms with E-state index in [0.29, 0.717) is 24.2 Å². The molecule has 1 saturated heterocycles. The molecule has 1 aromatic rings. The third kappa shape index (κ3) is 7.13. The number of hydrogen-bond acceptors (Lipinski definition) is 4. The Balaban J connectivity index is 1.77. The Morgan fingerprint density at radius 3 is 2.38 bits per heavy atom. The molecular weight excluding hydrogens is 426 g/mol. The third-order valence-electron chi connectivity index (χ3n) is 6.79. The molecule has 1 aliphatic heterocycles. The molecule has 0 radical (unpaired) electrons. The van der Waals surface area contributed by atoms with Crippen LogP contribution in [0.25, 0.3) is 0 Å². The lowest BCUT2D eigenvalue weighted by Gasteiger charge is -2.35. The van der Waals surface area contributed by atoms with Crippen LogP contribution in [0, 0.1) is 17.8 Å². The van der Waals surface area contributed by atoms with Crippen molar-refractivity contribution in [2.45, 2.75) is 96.8 Å². The molecule has 1 amide bonds. The molecule has 1 aliphatic carbocycles. The molecule has 1 saturated carbocycles. The van der Waals surface area contributed by atoms with E-state index in [1.165, 1.54) is 31.2 Å². The average Bonchev–Trinajstić information content (AvgIpc) is 3.22. The zero-order chi connectivity index (χ0) is 23.3. The lowest BCUT2D eigenvalue weighted by atomic mass is 9.73. The summed E-state index contributed by atoms with van der Waals surface area (Å²) >= 11 is 6.09. The first-order valence-electron chi connectivity index (χ1n) is 12.1. The zero-order valence-corrected chi connectivity index (χ0v) is 20.6. The van der Waals surface area contributed by atoms with Crippen molar-refractivity contribution in [1.29, 1.82) is 0 Å². The quantitative estimate of drug-likeness (QED) is 0.531. The molecule has 5 nitrogen and oxygen atoms in total. The molecular formula is C26H38ClNO4. The molecule has 3 rings (SSSR count). The predicted molar refractivity (Wildman–Crippen MR) is 127 cm³/mol. The summed E-state index contributed by atoms with van der Waals surface area (Å²) in [5.74, 6) is 0.962. The van der Waals surface area contributed by atoms with E-state index in [2.05, 4.69) is 17.4 Å². The molecule has 178 valence electrons. The Morgan fingerprint density at radius 1 is 1.09 bits per heavy atom. The van der Waals surface area contributed by atoms with Crippen molar-refractivity contribution in [2.24, 2.45) is 17.8 Å². The van der Waals surface area contributed by atoms with Crippen molar-refractivity contribution in [1.82, 2.24) is 5.32 Å². The molecule has 0 spiro atoms. The lowest BCUT2D eigenvalue weighted by Crippen LogP contribution is -2.45. The van der Waals surface area contributed by atoms with Gasteiger partial charge in [-0.15, -0.1) is 0 Å². The number of cyclic esters (lactones) is 1. The van der Waals surface area contributed by atoms with Crippen LogP contribution in [-0.4, -0.2) is 29.8 Å². The Kier molecular flexibility index (Phi) is 8.49. The van der Waals surface area contributed by atoms with Crippen LogP contribution in [0.2, 0.25) is 5.02 Å². The minimum absolute atomic E-state index is 0.191. The van der Waals surface area contributed by atoms with Gasteiger partial charge < -0.3 is 14.8 Å². The number of halogens is 1. The Bertz CT molecular complexity index is 767. The Morgan fingerprint density at radius 2 is 1.75 bits per heavy atom. The van der Waals surface area contributed by atoms with Crippen molar-refractivity contribution in [3.63, 3.8) is 0 Å². The number of ether oxygens (including phenoxy) is 2. The van der Waals surface area contributed by atoms with Crippen molar-refractivity contribution in [3.8, 4) is 0 Å². The van der Waals surface area contributed by atoms with Crippen LogP contribution in [-0.2, 0) is 20.7 Å². The maximum absolute atomic E-state index is 13.0. The second kappa shape index (κ2) is 10.9. The molecule has 32 heavy (non-hydrogen) atoms. The maximum Gasteiger partial charge on any atom is 0.408 e.